The van der Waals surface area contributed by atoms with Gasteiger partial charge in [0.1, 0.15) is 0 Å². The molecule has 2 heterocycles. The molecular weight excluding hydrogens is 388 g/mol. The molecule has 1 saturated heterocycles. The van der Waals surface area contributed by atoms with Gasteiger partial charge in [-0.25, -0.2) is 4.79 Å². The van der Waals surface area contributed by atoms with Crippen LogP contribution in [0.2, 0.25) is 0 Å². The fourth-order valence-electron chi connectivity index (χ4n) is 4.59. The zero-order chi connectivity index (χ0) is 21.6. The number of nitrogens with zero attached hydrogens (tertiary/aromatic N) is 2. The van der Waals surface area contributed by atoms with Crippen LogP contribution in [0.25, 0.3) is 0 Å². The topological polar surface area (TPSA) is 64.7 Å². The van der Waals surface area contributed by atoms with Crippen molar-refractivity contribution in [2.24, 2.45) is 0 Å². The third-order valence-electron chi connectivity index (χ3n) is 6.58. The molecule has 2 aliphatic heterocycles. The zero-order valence-electron chi connectivity index (χ0n) is 18.2. The van der Waals surface area contributed by atoms with E-state index in [0.29, 0.717) is 19.1 Å². The molecule has 0 aliphatic carbocycles. The molecule has 31 heavy (non-hydrogen) atoms. The maximum atomic E-state index is 12.5. The number of benzene rings is 2. The lowest BCUT2D eigenvalue weighted by atomic mass is 10.00. The van der Waals surface area contributed by atoms with E-state index in [1.807, 2.05) is 23.1 Å². The van der Waals surface area contributed by atoms with Gasteiger partial charge in [-0.15, -0.1) is 0 Å². The van der Waals surface area contributed by atoms with E-state index in [0.717, 1.165) is 32.4 Å². The molecule has 2 aliphatic rings. The lowest BCUT2D eigenvalue weighted by Gasteiger charge is -2.36. The minimum absolute atomic E-state index is 0.0313. The van der Waals surface area contributed by atoms with Crippen molar-refractivity contribution in [1.29, 1.82) is 0 Å². The summed E-state index contributed by atoms with van der Waals surface area (Å²) in [6.07, 6.45) is 2.71. The Balaban J connectivity index is 1.18. The average Bonchev–Trinajstić information content (AvgIpc) is 2.83. The summed E-state index contributed by atoms with van der Waals surface area (Å²) in [5, 5.41) is 5.80. The summed E-state index contributed by atoms with van der Waals surface area (Å²) in [5.41, 5.74) is 3.83. The summed E-state index contributed by atoms with van der Waals surface area (Å²) < 4.78 is 0. The molecule has 2 aromatic carbocycles. The minimum Gasteiger partial charge on any atom is -0.336 e. The Morgan fingerprint density at radius 3 is 2.39 bits per heavy atom. The third-order valence-corrected chi connectivity index (χ3v) is 6.58. The molecule has 6 heteroatoms. The van der Waals surface area contributed by atoms with Crippen LogP contribution in [-0.2, 0) is 17.8 Å². The van der Waals surface area contributed by atoms with E-state index in [2.05, 4.69) is 58.9 Å². The van der Waals surface area contributed by atoms with E-state index in [9.17, 15) is 9.59 Å². The van der Waals surface area contributed by atoms with Crippen molar-refractivity contribution in [3.8, 4) is 0 Å². The Labute approximate surface area is 184 Å². The Bertz CT molecular complexity index is 893. The summed E-state index contributed by atoms with van der Waals surface area (Å²) in [6, 6.07) is 19.0. The fourth-order valence-corrected chi connectivity index (χ4v) is 4.59. The summed E-state index contributed by atoms with van der Waals surface area (Å²) in [6.45, 7) is 5.51. The number of urea groups is 1. The monoisotopic (exact) mass is 420 g/mol. The van der Waals surface area contributed by atoms with Crippen LogP contribution in [0.4, 0.5) is 4.79 Å². The predicted molar refractivity (Wildman–Crippen MR) is 122 cm³/mol. The quantitative estimate of drug-likeness (QED) is 0.781. The number of rotatable bonds is 5. The molecule has 0 bridgehead atoms. The number of carbonyl (C=O) groups excluding carboxylic acids is 2. The molecule has 0 spiro atoms. The predicted octanol–water partition coefficient (Wildman–Crippen LogP) is 3.10. The van der Waals surface area contributed by atoms with Crippen molar-refractivity contribution < 1.29 is 9.59 Å². The Morgan fingerprint density at radius 2 is 1.65 bits per heavy atom. The SMILES string of the molecule is CC(c1ccccc1)N1CCC(NC(=O)NCC(=O)N2CCc3ccccc3C2)CC1. The van der Waals surface area contributed by atoms with Crippen LogP contribution in [0, 0.1) is 0 Å². The number of amides is 3. The summed E-state index contributed by atoms with van der Waals surface area (Å²) >= 11 is 0. The van der Waals surface area contributed by atoms with Gasteiger partial charge in [0.25, 0.3) is 0 Å². The van der Waals surface area contributed by atoms with Crippen LogP contribution in [0.15, 0.2) is 54.6 Å². The highest BCUT2D eigenvalue weighted by atomic mass is 16.2. The summed E-state index contributed by atoms with van der Waals surface area (Å²) in [7, 11) is 0. The highest BCUT2D eigenvalue weighted by Crippen LogP contribution is 2.24. The highest BCUT2D eigenvalue weighted by Gasteiger charge is 2.25. The van der Waals surface area contributed by atoms with Gasteiger partial charge >= 0.3 is 6.03 Å². The maximum absolute atomic E-state index is 12.5. The van der Waals surface area contributed by atoms with E-state index in [1.54, 1.807) is 0 Å². The number of piperidine rings is 1. The van der Waals surface area contributed by atoms with Crippen molar-refractivity contribution in [3.05, 3.63) is 71.3 Å². The molecule has 6 nitrogen and oxygen atoms in total. The molecule has 1 fully saturated rings. The first kappa shape index (κ1) is 21.4. The fraction of sp³-hybridized carbons (Fsp3) is 0.440. The van der Waals surface area contributed by atoms with Gasteiger partial charge in [-0.05, 0) is 42.9 Å². The second-order valence-corrected chi connectivity index (χ2v) is 8.56. The molecule has 1 unspecified atom stereocenters. The van der Waals surface area contributed by atoms with Crippen LogP contribution in [0.3, 0.4) is 0 Å². The van der Waals surface area contributed by atoms with Gasteiger partial charge in [-0.1, -0.05) is 54.6 Å². The molecule has 4 rings (SSSR count). The summed E-state index contributed by atoms with van der Waals surface area (Å²) in [4.78, 5) is 29.1. The third kappa shape index (κ3) is 5.44. The van der Waals surface area contributed by atoms with Crippen LogP contribution < -0.4 is 10.6 Å². The van der Waals surface area contributed by atoms with E-state index < -0.39 is 0 Å². The van der Waals surface area contributed by atoms with Gasteiger partial charge in [-0.2, -0.15) is 0 Å². The first-order valence-electron chi connectivity index (χ1n) is 11.3. The van der Waals surface area contributed by atoms with E-state index in [4.69, 9.17) is 0 Å². The molecule has 0 radical (unpaired) electrons. The standard InChI is InChI=1S/C25H32N4O2/c1-19(20-7-3-2-4-8-20)28-15-12-23(13-16-28)27-25(31)26-17-24(30)29-14-11-21-9-5-6-10-22(21)18-29/h2-10,19,23H,11-18H2,1H3,(H2,26,27,31). The lowest BCUT2D eigenvalue weighted by Crippen LogP contribution is -2.50. The molecule has 1 atom stereocenters. The second-order valence-electron chi connectivity index (χ2n) is 8.56. The number of hydrogen-bond donors (Lipinski definition) is 2. The van der Waals surface area contributed by atoms with Crippen LogP contribution in [0.1, 0.15) is 42.5 Å². The number of nitrogens with one attached hydrogen (secondary N) is 2. The number of fused-ring (bicyclic) bond motifs is 1. The Hall–Kier alpha value is -2.86. The number of hydrogen-bond acceptors (Lipinski definition) is 3. The molecule has 164 valence electrons. The second kappa shape index (κ2) is 9.96. The van der Waals surface area contributed by atoms with E-state index in [1.165, 1.54) is 16.7 Å². The van der Waals surface area contributed by atoms with Crippen molar-refractivity contribution in [2.75, 3.05) is 26.2 Å². The van der Waals surface area contributed by atoms with E-state index >= 15 is 0 Å². The molecule has 3 amide bonds. The minimum atomic E-state index is -0.250. The van der Waals surface area contributed by atoms with Gasteiger partial charge < -0.3 is 15.5 Å². The average molecular weight is 421 g/mol. The van der Waals surface area contributed by atoms with Crippen molar-refractivity contribution in [2.45, 2.75) is 44.8 Å². The highest BCUT2D eigenvalue weighted by molar-refractivity contribution is 5.84. The lowest BCUT2D eigenvalue weighted by molar-refractivity contribution is -0.131. The maximum Gasteiger partial charge on any atom is 0.315 e. The Kier molecular flexibility index (Phi) is 6.87. The van der Waals surface area contributed by atoms with Gasteiger partial charge in [-0.3, -0.25) is 9.69 Å². The molecular formula is C25H32N4O2. The molecule has 2 aromatic rings. The van der Waals surface area contributed by atoms with E-state index in [-0.39, 0.29) is 24.5 Å². The largest absolute Gasteiger partial charge is 0.336 e. The van der Waals surface area contributed by atoms with Gasteiger partial charge in [0, 0.05) is 38.3 Å². The smallest absolute Gasteiger partial charge is 0.315 e. The molecule has 2 N–H and O–H groups in total. The Morgan fingerprint density at radius 1 is 0.968 bits per heavy atom. The first-order valence-corrected chi connectivity index (χ1v) is 11.3. The first-order chi connectivity index (χ1) is 15.1. The van der Waals surface area contributed by atoms with Crippen LogP contribution >= 0.6 is 0 Å². The van der Waals surface area contributed by atoms with Gasteiger partial charge in [0.2, 0.25) is 5.91 Å². The van der Waals surface area contributed by atoms with Gasteiger partial charge in [0.05, 0.1) is 6.54 Å². The number of carbonyl (C=O) groups is 2. The molecule has 0 aromatic heterocycles. The van der Waals surface area contributed by atoms with Crippen molar-refractivity contribution in [1.82, 2.24) is 20.4 Å². The number of likely N-dealkylation sites (tertiary alicyclic amines) is 1. The van der Waals surface area contributed by atoms with Gasteiger partial charge in [0.15, 0.2) is 0 Å². The normalized spacial score (nSPS) is 18.2. The molecule has 0 saturated carbocycles. The van der Waals surface area contributed by atoms with Crippen LogP contribution in [0.5, 0.6) is 0 Å². The van der Waals surface area contributed by atoms with Crippen molar-refractivity contribution >= 4 is 11.9 Å². The van der Waals surface area contributed by atoms with Crippen molar-refractivity contribution in [3.63, 3.8) is 0 Å². The van der Waals surface area contributed by atoms with Crippen LogP contribution in [-0.4, -0.2) is 54.0 Å². The zero-order valence-corrected chi connectivity index (χ0v) is 18.2. The summed E-state index contributed by atoms with van der Waals surface area (Å²) in [5.74, 6) is -0.0313.